The fourth-order valence-electron chi connectivity index (χ4n) is 4.64. The number of thiocarbonyl (C=S) groups is 1. The quantitative estimate of drug-likeness (QED) is 0.577. The third kappa shape index (κ3) is 3.81. The second-order valence-corrected chi connectivity index (χ2v) is 9.09. The van der Waals surface area contributed by atoms with Gasteiger partial charge in [-0.3, -0.25) is 4.98 Å². The molecule has 0 saturated carbocycles. The minimum atomic E-state index is 0.0150. The van der Waals surface area contributed by atoms with E-state index in [4.69, 9.17) is 12.2 Å². The van der Waals surface area contributed by atoms with Gasteiger partial charge in [0.15, 0.2) is 5.11 Å². The molecule has 0 unspecified atom stereocenters. The van der Waals surface area contributed by atoms with Crippen molar-refractivity contribution in [2.24, 2.45) is 0 Å². The van der Waals surface area contributed by atoms with Gasteiger partial charge in [0.1, 0.15) is 0 Å². The molecule has 3 aromatic rings. The molecule has 162 valence electrons. The van der Waals surface area contributed by atoms with Crippen LogP contribution in [0.5, 0.6) is 0 Å². The smallest absolute Gasteiger partial charge is 0.170 e. The third-order valence-electron chi connectivity index (χ3n) is 6.10. The first-order valence-corrected chi connectivity index (χ1v) is 11.2. The molecule has 6 heteroatoms. The number of aromatic nitrogens is 2. The van der Waals surface area contributed by atoms with E-state index >= 15 is 0 Å². The molecular formula is C25H31N5S. The molecule has 4 rings (SSSR count). The first-order chi connectivity index (χ1) is 14.8. The zero-order chi connectivity index (χ0) is 22.3. The van der Waals surface area contributed by atoms with Crippen LogP contribution in [-0.2, 0) is 0 Å². The van der Waals surface area contributed by atoms with Crippen LogP contribution in [0.4, 0.5) is 5.69 Å². The van der Waals surface area contributed by atoms with E-state index in [1.165, 1.54) is 28.3 Å². The lowest BCUT2D eigenvalue weighted by molar-refractivity contribution is 0.269. The summed E-state index contributed by atoms with van der Waals surface area (Å²) < 4.78 is 2.34. The minimum Gasteiger partial charge on any atom is -0.378 e. The van der Waals surface area contributed by atoms with Crippen molar-refractivity contribution in [3.05, 3.63) is 77.4 Å². The van der Waals surface area contributed by atoms with Crippen LogP contribution in [0.15, 0.2) is 54.7 Å². The van der Waals surface area contributed by atoms with E-state index in [0.717, 1.165) is 10.8 Å². The van der Waals surface area contributed by atoms with Gasteiger partial charge in [0.05, 0.1) is 17.8 Å². The maximum atomic E-state index is 5.76. The number of pyridine rings is 1. The fourth-order valence-corrected chi connectivity index (χ4v) is 5.09. The van der Waals surface area contributed by atoms with Gasteiger partial charge in [-0.15, -0.1) is 0 Å². The van der Waals surface area contributed by atoms with Gasteiger partial charge in [-0.05, 0) is 87.9 Å². The molecule has 2 atom stereocenters. The summed E-state index contributed by atoms with van der Waals surface area (Å²) in [5, 5.41) is 4.33. The number of aryl methyl sites for hydroxylation is 1. The molecule has 0 amide bonds. The molecule has 31 heavy (non-hydrogen) atoms. The molecule has 1 aliphatic rings. The largest absolute Gasteiger partial charge is 0.378 e. The lowest BCUT2D eigenvalue weighted by Gasteiger charge is -2.31. The van der Waals surface area contributed by atoms with Crippen LogP contribution >= 0.6 is 12.2 Å². The van der Waals surface area contributed by atoms with Crippen molar-refractivity contribution in [2.75, 3.05) is 19.0 Å². The van der Waals surface area contributed by atoms with Crippen LogP contribution in [0.25, 0.3) is 5.69 Å². The number of nitrogens with one attached hydrogen (secondary N) is 1. The molecular weight excluding hydrogens is 402 g/mol. The van der Waals surface area contributed by atoms with E-state index in [1.807, 2.05) is 18.3 Å². The second-order valence-electron chi connectivity index (χ2n) is 8.70. The maximum absolute atomic E-state index is 5.76. The van der Waals surface area contributed by atoms with E-state index in [9.17, 15) is 0 Å². The number of hydrogen-bond donors (Lipinski definition) is 1. The van der Waals surface area contributed by atoms with E-state index in [2.05, 4.69) is 103 Å². The summed E-state index contributed by atoms with van der Waals surface area (Å²) in [6.07, 6.45) is 1.85. The molecule has 1 saturated heterocycles. The summed E-state index contributed by atoms with van der Waals surface area (Å²) in [6.45, 7) is 8.77. The van der Waals surface area contributed by atoms with Gasteiger partial charge in [0, 0.05) is 49.1 Å². The average molecular weight is 434 g/mol. The van der Waals surface area contributed by atoms with Gasteiger partial charge in [-0.25, -0.2) is 0 Å². The van der Waals surface area contributed by atoms with E-state index in [0.29, 0.717) is 0 Å². The Bertz CT molecular complexity index is 1070. The van der Waals surface area contributed by atoms with Crippen LogP contribution in [0, 0.1) is 13.8 Å². The van der Waals surface area contributed by atoms with Gasteiger partial charge >= 0.3 is 0 Å². The summed E-state index contributed by atoms with van der Waals surface area (Å²) in [5.41, 5.74) is 7.11. The fraction of sp³-hybridized carbons (Fsp3) is 0.360. The Morgan fingerprint density at radius 3 is 2.35 bits per heavy atom. The number of nitrogens with zero attached hydrogens (tertiary/aromatic N) is 4. The van der Waals surface area contributed by atoms with Crippen LogP contribution in [0.3, 0.4) is 0 Å². The Morgan fingerprint density at radius 2 is 1.77 bits per heavy atom. The maximum Gasteiger partial charge on any atom is 0.170 e. The highest BCUT2D eigenvalue weighted by molar-refractivity contribution is 7.80. The standard InChI is InChI=1S/C25H31N5S/c1-16(2)29-24(23(27-25(29)31)22-9-7-8-14-26-22)21-15-17(3)30(18(21)4)20-12-10-19(11-13-20)28(5)6/h7-16,23-24H,1-6H3,(H,27,31)/t23-,24-/m1/s1. The highest BCUT2D eigenvalue weighted by Gasteiger charge is 2.42. The molecule has 1 aliphatic heterocycles. The molecule has 0 bridgehead atoms. The number of rotatable bonds is 5. The minimum absolute atomic E-state index is 0.0150. The Hall–Kier alpha value is -2.86. The van der Waals surface area contributed by atoms with E-state index in [-0.39, 0.29) is 18.1 Å². The van der Waals surface area contributed by atoms with Gasteiger partial charge in [-0.2, -0.15) is 0 Å². The third-order valence-corrected chi connectivity index (χ3v) is 6.43. The predicted octanol–water partition coefficient (Wildman–Crippen LogP) is 4.94. The average Bonchev–Trinajstić information content (AvgIpc) is 3.24. The summed E-state index contributed by atoms with van der Waals surface area (Å²) in [6, 6.07) is 17.5. The van der Waals surface area contributed by atoms with Crippen molar-refractivity contribution in [2.45, 2.75) is 45.8 Å². The predicted molar refractivity (Wildman–Crippen MR) is 132 cm³/mol. The lowest BCUT2D eigenvalue weighted by atomic mass is 9.96. The monoisotopic (exact) mass is 433 g/mol. The number of hydrogen-bond acceptors (Lipinski definition) is 3. The molecule has 0 aliphatic carbocycles. The van der Waals surface area contributed by atoms with Crippen LogP contribution < -0.4 is 10.2 Å². The van der Waals surface area contributed by atoms with Crippen LogP contribution in [-0.4, -0.2) is 39.7 Å². The van der Waals surface area contributed by atoms with E-state index < -0.39 is 0 Å². The van der Waals surface area contributed by atoms with E-state index in [1.54, 1.807) is 0 Å². The number of benzene rings is 1. The highest BCUT2D eigenvalue weighted by Crippen LogP contribution is 2.42. The summed E-state index contributed by atoms with van der Waals surface area (Å²) in [5.74, 6) is 0. The molecule has 2 aromatic heterocycles. The van der Waals surface area contributed by atoms with Gasteiger partial charge in [0.2, 0.25) is 0 Å². The molecule has 1 aromatic carbocycles. The van der Waals surface area contributed by atoms with Crippen molar-refractivity contribution < 1.29 is 0 Å². The lowest BCUT2D eigenvalue weighted by Crippen LogP contribution is -2.35. The van der Waals surface area contributed by atoms with Crippen molar-refractivity contribution in [1.82, 2.24) is 19.8 Å². The zero-order valence-electron chi connectivity index (χ0n) is 19.1. The first-order valence-electron chi connectivity index (χ1n) is 10.8. The Kier molecular flexibility index (Phi) is 5.75. The van der Waals surface area contributed by atoms with Gasteiger partial charge < -0.3 is 19.7 Å². The van der Waals surface area contributed by atoms with Crippen LogP contribution in [0.1, 0.15) is 48.6 Å². The highest BCUT2D eigenvalue weighted by atomic mass is 32.1. The Morgan fingerprint density at radius 1 is 1.06 bits per heavy atom. The molecule has 3 heterocycles. The molecule has 5 nitrogen and oxygen atoms in total. The molecule has 1 N–H and O–H groups in total. The Balaban J connectivity index is 1.81. The second kappa shape index (κ2) is 8.35. The summed E-state index contributed by atoms with van der Waals surface area (Å²) in [4.78, 5) is 9.08. The Labute approximate surface area is 190 Å². The topological polar surface area (TPSA) is 36.3 Å². The summed E-state index contributed by atoms with van der Waals surface area (Å²) in [7, 11) is 4.13. The zero-order valence-corrected chi connectivity index (χ0v) is 19.9. The van der Waals surface area contributed by atoms with Gasteiger partial charge in [0.25, 0.3) is 0 Å². The van der Waals surface area contributed by atoms with Crippen LogP contribution in [0.2, 0.25) is 0 Å². The summed E-state index contributed by atoms with van der Waals surface area (Å²) >= 11 is 5.76. The molecule has 1 fully saturated rings. The SMILES string of the molecule is Cc1cc([C@@H]2[C@@H](c3ccccn3)NC(=S)N2C(C)C)c(C)n1-c1ccc(N(C)C)cc1. The van der Waals surface area contributed by atoms with Crippen molar-refractivity contribution in [3.63, 3.8) is 0 Å². The first kappa shape index (κ1) is 21.4. The van der Waals surface area contributed by atoms with Crippen molar-refractivity contribution >= 4 is 23.0 Å². The van der Waals surface area contributed by atoms with Crippen molar-refractivity contribution in [1.29, 1.82) is 0 Å². The van der Waals surface area contributed by atoms with Crippen molar-refractivity contribution in [3.8, 4) is 5.69 Å². The number of anilines is 1. The van der Waals surface area contributed by atoms with Gasteiger partial charge in [-0.1, -0.05) is 6.07 Å². The molecule has 0 spiro atoms. The molecule has 0 radical (unpaired) electrons. The normalized spacial score (nSPS) is 18.5.